The maximum atomic E-state index is 14.5. The molecule has 0 bridgehead atoms. The van der Waals surface area contributed by atoms with E-state index in [1.807, 2.05) is 33.0 Å². The Morgan fingerprint density at radius 1 is 0.944 bits per heavy atom. The standard InChI is InChI=1S/C42H63N5O7/c1-29-26-47(30(2)28-48)42(52)34-25-33(44-39(49)20-9-6-10-21-40(50)45-36-19-12-11-18-35(36)43)22-23-37(34)54-31(3)15-13-14-24-53-38(29)27-46(4)41(51)32-16-7-5-8-17-32/h11-12,18-19,22-23,25,29-32,38,48H,5-10,13-17,20-21,24,26-28,43H2,1-4H3,(H,44,49)(H,45,50)/t29-,30-,31+,38-/m1/s1. The summed E-state index contributed by atoms with van der Waals surface area (Å²) in [5.41, 5.74) is 7.78. The highest BCUT2D eigenvalue weighted by Gasteiger charge is 2.32. The highest BCUT2D eigenvalue weighted by molar-refractivity contribution is 6.00. The number of amides is 4. The molecule has 4 amide bonds. The number of nitrogen functional groups attached to an aromatic ring is 1. The zero-order valence-corrected chi connectivity index (χ0v) is 32.8. The molecule has 5 N–H and O–H groups in total. The molecule has 2 aliphatic rings. The predicted octanol–water partition coefficient (Wildman–Crippen LogP) is 6.63. The molecule has 0 unspecified atom stereocenters. The van der Waals surface area contributed by atoms with Crippen molar-refractivity contribution in [2.45, 2.75) is 122 Å². The largest absolute Gasteiger partial charge is 0.490 e. The Morgan fingerprint density at radius 2 is 1.63 bits per heavy atom. The molecule has 1 fully saturated rings. The zero-order chi connectivity index (χ0) is 39.0. The number of carbonyl (C=O) groups excluding carboxylic acids is 4. The summed E-state index contributed by atoms with van der Waals surface area (Å²) in [6.07, 6.45) is 9.69. The molecule has 0 aromatic heterocycles. The van der Waals surface area contributed by atoms with Crippen LogP contribution >= 0.6 is 0 Å². The van der Waals surface area contributed by atoms with Gasteiger partial charge in [-0.3, -0.25) is 19.2 Å². The summed E-state index contributed by atoms with van der Waals surface area (Å²) in [4.78, 5) is 56.6. The third kappa shape index (κ3) is 13.0. The molecule has 2 aromatic carbocycles. The Morgan fingerprint density at radius 3 is 2.33 bits per heavy atom. The van der Waals surface area contributed by atoms with Gasteiger partial charge in [-0.2, -0.15) is 0 Å². The minimum Gasteiger partial charge on any atom is -0.490 e. The molecule has 1 aliphatic carbocycles. The predicted molar refractivity (Wildman–Crippen MR) is 212 cm³/mol. The summed E-state index contributed by atoms with van der Waals surface area (Å²) in [5.74, 6) is -0.153. The Balaban J connectivity index is 1.42. The van der Waals surface area contributed by atoms with Crippen molar-refractivity contribution in [3.05, 3.63) is 48.0 Å². The van der Waals surface area contributed by atoms with Crippen molar-refractivity contribution in [1.82, 2.24) is 9.80 Å². The molecular formula is C42H63N5O7. The van der Waals surface area contributed by atoms with E-state index in [9.17, 15) is 24.3 Å². The average molecular weight is 750 g/mol. The zero-order valence-electron chi connectivity index (χ0n) is 32.8. The quantitative estimate of drug-likeness (QED) is 0.131. The molecule has 54 heavy (non-hydrogen) atoms. The number of nitrogens with zero attached hydrogens (tertiary/aromatic N) is 2. The van der Waals surface area contributed by atoms with E-state index in [4.69, 9.17) is 15.2 Å². The van der Waals surface area contributed by atoms with E-state index in [1.165, 1.54) is 6.42 Å². The van der Waals surface area contributed by atoms with E-state index in [2.05, 4.69) is 10.6 Å². The fraction of sp³-hybridized carbons (Fsp3) is 0.619. The lowest BCUT2D eigenvalue weighted by molar-refractivity contribution is -0.138. The molecule has 12 nitrogen and oxygen atoms in total. The van der Waals surface area contributed by atoms with Crippen LogP contribution in [-0.2, 0) is 19.1 Å². The van der Waals surface area contributed by atoms with Gasteiger partial charge in [-0.05, 0) is 89.1 Å². The number of likely N-dealkylation sites (N-methyl/N-ethyl adjacent to an activating group) is 1. The van der Waals surface area contributed by atoms with Crippen LogP contribution in [0.2, 0.25) is 0 Å². The number of nitrogens with one attached hydrogen (secondary N) is 2. The van der Waals surface area contributed by atoms with E-state index in [0.29, 0.717) is 73.8 Å². The number of ether oxygens (including phenoxy) is 2. The van der Waals surface area contributed by atoms with Gasteiger partial charge in [0.15, 0.2) is 0 Å². The minimum absolute atomic E-state index is 0.0526. The number of nitrogens with two attached hydrogens (primary N) is 1. The van der Waals surface area contributed by atoms with Gasteiger partial charge in [-0.1, -0.05) is 44.7 Å². The van der Waals surface area contributed by atoms with Gasteiger partial charge in [0, 0.05) is 57.1 Å². The third-order valence-electron chi connectivity index (χ3n) is 10.7. The van der Waals surface area contributed by atoms with Crippen LogP contribution in [0, 0.1) is 11.8 Å². The second-order valence-corrected chi connectivity index (χ2v) is 15.3. The monoisotopic (exact) mass is 749 g/mol. The van der Waals surface area contributed by atoms with Gasteiger partial charge in [0.05, 0.1) is 41.8 Å². The van der Waals surface area contributed by atoms with E-state index in [-0.39, 0.29) is 60.7 Å². The Hall–Kier alpha value is -4.16. The number of carbonyl (C=O) groups is 4. The van der Waals surface area contributed by atoms with Crippen LogP contribution in [0.3, 0.4) is 0 Å². The van der Waals surface area contributed by atoms with Gasteiger partial charge in [0.25, 0.3) is 5.91 Å². The highest BCUT2D eigenvalue weighted by atomic mass is 16.5. The minimum atomic E-state index is -0.509. The van der Waals surface area contributed by atoms with Crippen molar-refractivity contribution in [3.63, 3.8) is 0 Å². The number of aliphatic hydroxyl groups excluding tert-OH is 1. The molecule has 298 valence electrons. The number of fused-ring (bicyclic) bond motifs is 1. The maximum absolute atomic E-state index is 14.5. The van der Waals surface area contributed by atoms with Crippen LogP contribution in [0.1, 0.15) is 115 Å². The molecule has 0 spiro atoms. The molecule has 4 atom stereocenters. The lowest BCUT2D eigenvalue weighted by atomic mass is 9.88. The van der Waals surface area contributed by atoms with E-state index < -0.39 is 6.04 Å². The SMILES string of the molecule is C[C@@H]1CN([C@H](C)CO)C(=O)c2cc(NC(=O)CCCCCC(=O)Nc3ccccc3N)ccc2O[C@@H](C)CCCCO[C@@H]1CN(C)C(=O)C1CCCCC1. The molecule has 1 aliphatic heterocycles. The van der Waals surface area contributed by atoms with Gasteiger partial charge in [-0.15, -0.1) is 0 Å². The smallest absolute Gasteiger partial charge is 0.258 e. The first-order valence-electron chi connectivity index (χ1n) is 20.0. The first-order chi connectivity index (χ1) is 26.0. The second kappa shape index (κ2) is 21.7. The van der Waals surface area contributed by atoms with Crippen molar-refractivity contribution in [2.75, 3.05) is 49.7 Å². The summed E-state index contributed by atoms with van der Waals surface area (Å²) in [6, 6.07) is 11.7. The molecule has 12 heteroatoms. The molecule has 1 heterocycles. The first-order valence-corrected chi connectivity index (χ1v) is 20.0. The number of benzene rings is 2. The normalized spacial score (nSPS) is 20.9. The summed E-state index contributed by atoms with van der Waals surface area (Å²) in [6.45, 7) is 6.82. The van der Waals surface area contributed by atoms with Gasteiger partial charge in [0.2, 0.25) is 17.7 Å². The van der Waals surface area contributed by atoms with E-state index >= 15 is 0 Å². The lowest BCUT2D eigenvalue weighted by Gasteiger charge is -2.36. The summed E-state index contributed by atoms with van der Waals surface area (Å²) < 4.78 is 12.8. The van der Waals surface area contributed by atoms with E-state index in [0.717, 1.165) is 44.9 Å². The fourth-order valence-electron chi connectivity index (χ4n) is 7.28. The van der Waals surface area contributed by atoms with Crippen molar-refractivity contribution in [2.24, 2.45) is 11.8 Å². The molecule has 4 rings (SSSR count). The average Bonchev–Trinajstić information content (AvgIpc) is 3.16. The Kier molecular flexibility index (Phi) is 17.1. The number of rotatable bonds is 13. The topological polar surface area (TPSA) is 164 Å². The Bertz CT molecular complexity index is 1530. The van der Waals surface area contributed by atoms with Crippen LogP contribution in [0.25, 0.3) is 0 Å². The van der Waals surface area contributed by atoms with Crippen LogP contribution in [0.4, 0.5) is 17.1 Å². The summed E-state index contributed by atoms with van der Waals surface area (Å²) in [7, 11) is 1.85. The molecular weight excluding hydrogens is 686 g/mol. The number of hydrogen-bond donors (Lipinski definition) is 4. The maximum Gasteiger partial charge on any atom is 0.258 e. The molecule has 1 saturated carbocycles. The molecule has 0 radical (unpaired) electrons. The van der Waals surface area contributed by atoms with Crippen LogP contribution in [-0.4, -0.2) is 90.1 Å². The first kappa shape index (κ1) is 42.6. The van der Waals surface area contributed by atoms with Crippen molar-refractivity contribution in [1.29, 1.82) is 0 Å². The number of unbranched alkanes of at least 4 members (excludes halogenated alkanes) is 2. The molecule has 0 saturated heterocycles. The van der Waals surface area contributed by atoms with Gasteiger partial charge >= 0.3 is 0 Å². The van der Waals surface area contributed by atoms with Crippen molar-refractivity contribution in [3.8, 4) is 5.75 Å². The highest BCUT2D eigenvalue weighted by Crippen LogP contribution is 2.30. The van der Waals surface area contributed by atoms with Crippen LogP contribution in [0.15, 0.2) is 42.5 Å². The number of anilines is 3. The van der Waals surface area contributed by atoms with E-state index in [1.54, 1.807) is 47.1 Å². The van der Waals surface area contributed by atoms with Crippen LogP contribution < -0.4 is 21.1 Å². The number of para-hydroxylation sites is 2. The lowest BCUT2D eigenvalue weighted by Crippen LogP contribution is -2.48. The summed E-state index contributed by atoms with van der Waals surface area (Å²) in [5, 5.41) is 16.0. The van der Waals surface area contributed by atoms with Crippen molar-refractivity contribution >= 4 is 40.7 Å². The molecule has 2 aromatic rings. The summed E-state index contributed by atoms with van der Waals surface area (Å²) >= 11 is 0. The number of hydrogen-bond acceptors (Lipinski definition) is 8. The fourth-order valence-corrected chi connectivity index (χ4v) is 7.28. The van der Waals surface area contributed by atoms with Gasteiger partial charge in [-0.25, -0.2) is 0 Å². The van der Waals surface area contributed by atoms with Gasteiger partial charge < -0.3 is 40.7 Å². The third-order valence-corrected chi connectivity index (χ3v) is 10.7. The van der Waals surface area contributed by atoms with Crippen LogP contribution in [0.5, 0.6) is 5.75 Å². The Labute approximate surface area is 321 Å². The van der Waals surface area contributed by atoms with Gasteiger partial charge in [0.1, 0.15) is 5.75 Å². The number of aliphatic hydroxyl groups is 1. The van der Waals surface area contributed by atoms with Crippen molar-refractivity contribution < 1.29 is 33.8 Å². The second-order valence-electron chi connectivity index (χ2n) is 15.3.